The lowest BCUT2D eigenvalue weighted by Gasteiger charge is -2.12. The highest BCUT2D eigenvalue weighted by Gasteiger charge is 2.16. The van der Waals surface area contributed by atoms with Crippen LogP contribution in [0, 0.1) is 0 Å². The third-order valence-electron chi connectivity index (χ3n) is 3.39. The van der Waals surface area contributed by atoms with E-state index < -0.39 is 0 Å². The average Bonchev–Trinajstić information content (AvgIpc) is 3.09. The SMILES string of the molecule is CC(NC(=O)c1ccc2c(c1)CCN2)c1ccco1. The van der Waals surface area contributed by atoms with Crippen molar-refractivity contribution < 1.29 is 9.21 Å². The Morgan fingerprint density at radius 1 is 1.42 bits per heavy atom. The van der Waals surface area contributed by atoms with Crippen LogP contribution < -0.4 is 10.6 Å². The molecular weight excluding hydrogens is 240 g/mol. The van der Waals surface area contributed by atoms with Crippen molar-refractivity contribution in [3.63, 3.8) is 0 Å². The topological polar surface area (TPSA) is 54.3 Å². The van der Waals surface area contributed by atoms with E-state index in [2.05, 4.69) is 10.6 Å². The van der Waals surface area contributed by atoms with Crippen molar-refractivity contribution in [1.82, 2.24) is 5.32 Å². The molecule has 1 unspecified atom stereocenters. The molecular formula is C15H16N2O2. The predicted molar refractivity (Wildman–Crippen MR) is 73.2 cm³/mol. The quantitative estimate of drug-likeness (QED) is 0.887. The Bertz CT molecular complexity index is 590. The second-order valence-corrected chi connectivity index (χ2v) is 4.76. The molecule has 1 aromatic heterocycles. The highest BCUT2D eigenvalue weighted by Crippen LogP contribution is 2.23. The van der Waals surface area contributed by atoms with Gasteiger partial charge in [-0.3, -0.25) is 4.79 Å². The second kappa shape index (κ2) is 4.80. The summed E-state index contributed by atoms with van der Waals surface area (Å²) in [6.07, 6.45) is 2.59. The Labute approximate surface area is 111 Å². The molecule has 1 aromatic carbocycles. The summed E-state index contributed by atoms with van der Waals surface area (Å²) in [5, 5.41) is 6.22. The highest BCUT2D eigenvalue weighted by atomic mass is 16.3. The van der Waals surface area contributed by atoms with E-state index >= 15 is 0 Å². The third kappa shape index (κ3) is 2.34. The maximum atomic E-state index is 12.2. The first kappa shape index (κ1) is 11.8. The van der Waals surface area contributed by atoms with E-state index in [1.54, 1.807) is 6.26 Å². The summed E-state index contributed by atoms with van der Waals surface area (Å²) in [7, 11) is 0. The molecule has 0 spiro atoms. The number of fused-ring (bicyclic) bond motifs is 1. The van der Waals surface area contributed by atoms with Crippen LogP contribution >= 0.6 is 0 Å². The molecule has 0 bridgehead atoms. The summed E-state index contributed by atoms with van der Waals surface area (Å²) >= 11 is 0. The van der Waals surface area contributed by atoms with Crippen LogP contribution in [0.5, 0.6) is 0 Å². The van der Waals surface area contributed by atoms with Gasteiger partial charge in [-0.05, 0) is 49.2 Å². The van der Waals surface area contributed by atoms with Gasteiger partial charge in [-0.25, -0.2) is 0 Å². The number of amides is 1. The van der Waals surface area contributed by atoms with Gasteiger partial charge in [-0.15, -0.1) is 0 Å². The minimum atomic E-state index is -0.131. The van der Waals surface area contributed by atoms with Crippen LogP contribution in [0.1, 0.15) is 34.6 Å². The number of rotatable bonds is 3. The number of carbonyl (C=O) groups is 1. The van der Waals surface area contributed by atoms with E-state index in [0.717, 1.165) is 24.4 Å². The number of hydrogen-bond acceptors (Lipinski definition) is 3. The van der Waals surface area contributed by atoms with Crippen molar-refractivity contribution >= 4 is 11.6 Å². The second-order valence-electron chi connectivity index (χ2n) is 4.76. The van der Waals surface area contributed by atoms with Crippen LogP contribution in [0.15, 0.2) is 41.0 Å². The molecule has 2 heterocycles. The third-order valence-corrected chi connectivity index (χ3v) is 3.39. The van der Waals surface area contributed by atoms with Crippen LogP contribution in [0.2, 0.25) is 0 Å². The van der Waals surface area contributed by atoms with Crippen molar-refractivity contribution in [2.75, 3.05) is 11.9 Å². The van der Waals surface area contributed by atoms with E-state index in [9.17, 15) is 4.79 Å². The molecule has 0 fully saturated rings. The first-order chi connectivity index (χ1) is 9.24. The van der Waals surface area contributed by atoms with Gasteiger partial charge in [0.15, 0.2) is 0 Å². The van der Waals surface area contributed by atoms with Gasteiger partial charge in [0.1, 0.15) is 5.76 Å². The zero-order valence-corrected chi connectivity index (χ0v) is 10.8. The minimum Gasteiger partial charge on any atom is -0.467 e. The number of furan rings is 1. The molecule has 0 saturated carbocycles. The Morgan fingerprint density at radius 3 is 3.11 bits per heavy atom. The smallest absolute Gasteiger partial charge is 0.251 e. The van der Waals surface area contributed by atoms with E-state index in [-0.39, 0.29) is 11.9 Å². The predicted octanol–water partition coefficient (Wildman–Crippen LogP) is 2.74. The summed E-state index contributed by atoms with van der Waals surface area (Å²) < 4.78 is 5.28. The van der Waals surface area contributed by atoms with Gasteiger partial charge < -0.3 is 15.1 Å². The molecule has 98 valence electrons. The van der Waals surface area contributed by atoms with Crippen molar-refractivity contribution in [1.29, 1.82) is 0 Å². The Kier molecular flexibility index (Phi) is 2.99. The van der Waals surface area contributed by atoms with Gasteiger partial charge in [-0.1, -0.05) is 0 Å². The molecule has 2 aromatic rings. The Morgan fingerprint density at radius 2 is 2.32 bits per heavy atom. The van der Waals surface area contributed by atoms with Crippen molar-refractivity contribution in [3.8, 4) is 0 Å². The molecule has 0 saturated heterocycles. The Balaban J connectivity index is 1.74. The van der Waals surface area contributed by atoms with Crippen molar-refractivity contribution in [2.45, 2.75) is 19.4 Å². The largest absolute Gasteiger partial charge is 0.467 e. The molecule has 0 radical (unpaired) electrons. The lowest BCUT2D eigenvalue weighted by molar-refractivity contribution is 0.0935. The fraction of sp³-hybridized carbons (Fsp3) is 0.267. The Hall–Kier alpha value is -2.23. The van der Waals surface area contributed by atoms with E-state index in [1.165, 1.54) is 5.56 Å². The molecule has 4 nitrogen and oxygen atoms in total. The molecule has 1 aliphatic rings. The minimum absolute atomic E-state index is 0.0707. The number of benzene rings is 1. The number of nitrogens with one attached hydrogen (secondary N) is 2. The first-order valence-electron chi connectivity index (χ1n) is 6.45. The number of carbonyl (C=O) groups excluding carboxylic acids is 1. The molecule has 3 rings (SSSR count). The maximum absolute atomic E-state index is 12.2. The normalized spacial score (nSPS) is 14.6. The van der Waals surface area contributed by atoms with E-state index in [4.69, 9.17) is 4.42 Å². The van der Waals surface area contributed by atoms with Crippen LogP contribution in [0.4, 0.5) is 5.69 Å². The molecule has 1 amide bonds. The summed E-state index contributed by atoms with van der Waals surface area (Å²) in [6.45, 7) is 2.86. The lowest BCUT2D eigenvalue weighted by Crippen LogP contribution is -2.26. The van der Waals surface area contributed by atoms with Gasteiger partial charge in [0, 0.05) is 17.8 Å². The van der Waals surface area contributed by atoms with Crippen LogP contribution in [0.3, 0.4) is 0 Å². The van der Waals surface area contributed by atoms with Crippen LogP contribution in [-0.4, -0.2) is 12.5 Å². The van der Waals surface area contributed by atoms with Gasteiger partial charge in [-0.2, -0.15) is 0 Å². The highest BCUT2D eigenvalue weighted by molar-refractivity contribution is 5.95. The number of hydrogen-bond donors (Lipinski definition) is 2. The summed E-state index contributed by atoms with van der Waals surface area (Å²) in [5.41, 5.74) is 3.04. The van der Waals surface area contributed by atoms with Gasteiger partial charge in [0.25, 0.3) is 5.91 Å². The average molecular weight is 256 g/mol. The fourth-order valence-electron chi connectivity index (χ4n) is 2.33. The summed E-state index contributed by atoms with van der Waals surface area (Å²) in [6, 6.07) is 9.32. The van der Waals surface area contributed by atoms with Gasteiger partial charge in [0.05, 0.1) is 12.3 Å². The molecule has 2 N–H and O–H groups in total. The molecule has 4 heteroatoms. The van der Waals surface area contributed by atoms with Gasteiger partial charge >= 0.3 is 0 Å². The first-order valence-corrected chi connectivity index (χ1v) is 6.45. The zero-order chi connectivity index (χ0) is 13.2. The maximum Gasteiger partial charge on any atom is 0.251 e. The fourth-order valence-corrected chi connectivity index (χ4v) is 2.33. The molecule has 1 atom stereocenters. The summed E-state index contributed by atoms with van der Waals surface area (Å²) in [5.74, 6) is 0.690. The lowest BCUT2D eigenvalue weighted by atomic mass is 10.1. The molecule has 0 aliphatic carbocycles. The summed E-state index contributed by atoms with van der Waals surface area (Å²) in [4.78, 5) is 12.2. The monoisotopic (exact) mass is 256 g/mol. The van der Waals surface area contributed by atoms with E-state index in [1.807, 2.05) is 37.3 Å². The molecule has 1 aliphatic heterocycles. The van der Waals surface area contributed by atoms with Crippen LogP contribution in [0.25, 0.3) is 0 Å². The standard InChI is InChI=1S/C15H16N2O2/c1-10(14-3-2-8-19-14)17-15(18)12-4-5-13-11(9-12)6-7-16-13/h2-5,8-10,16H,6-7H2,1H3,(H,17,18). The van der Waals surface area contributed by atoms with Crippen molar-refractivity contribution in [2.24, 2.45) is 0 Å². The van der Waals surface area contributed by atoms with Crippen molar-refractivity contribution in [3.05, 3.63) is 53.5 Å². The van der Waals surface area contributed by atoms with Gasteiger partial charge in [0.2, 0.25) is 0 Å². The number of anilines is 1. The molecule has 19 heavy (non-hydrogen) atoms. The van der Waals surface area contributed by atoms with E-state index in [0.29, 0.717) is 5.56 Å². The zero-order valence-electron chi connectivity index (χ0n) is 10.8. The van der Waals surface area contributed by atoms with Crippen LogP contribution in [-0.2, 0) is 6.42 Å².